The molecule has 1 heterocycles. The third-order valence-corrected chi connectivity index (χ3v) is 3.90. The van der Waals surface area contributed by atoms with E-state index in [-0.39, 0.29) is 17.6 Å². The lowest BCUT2D eigenvalue weighted by molar-refractivity contribution is -0.111. The largest absolute Gasteiger partial charge is 0.508 e. The average molecular weight is 338 g/mol. The Morgan fingerprint density at radius 3 is 2.68 bits per heavy atom. The zero-order chi connectivity index (χ0) is 17.8. The van der Waals surface area contributed by atoms with Gasteiger partial charge in [-0.05, 0) is 48.5 Å². The Balaban J connectivity index is 1.76. The van der Waals surface area contributed by atoms with E-state index in [9.17, 15) is 14.7 Å². The molecule has 128 valence electrons. The van der Waals surface area contributed by atoms with Crippen molar-refractivity contribution in [3.63, 3.8) is 0 Å². The van der Waals surface area contributed by atoms with Gasteiger partial charge in [0.25, 0.3) is 5.91 Å². The quantitative estimate of drug-likeness (QED) is 0.843. The second kappa shape index (κ2) is 7.09. The molecule has 2 amide bonds. The first-order chi connectivity index (χ1) is 12.1. The highest BCUT2D eigenvalue weighted by Gasteiger charge is 2.21. The van der Waals surface area contributed by atoms with Gasteiger partial charge in [0.1, 0.15) is 18.1 Å². The van der Waals surface area contributed by atoms with Crippen molar-refractivity contribution in [2.75, 3.05) is 18.5 Å². The van der Waals surface area contributed by atoms with Gasteiger partial charge in [0.05, 0.1) is 6.54 Å². The zero-order valence-electron chi connectivity index (χ0n) is 13.6. The third kappa shape index (κ3) is 3.80. The standard InChI is InChI=1S/C19H18N2O4/c1-2-18(23)20-15-5-3-13(4-6-15)19(24)21-9-10-25-17-8-7-16(22)11-14(17)12-21/h2-8,11,22H,1,9-10,12H2,(H,20,23). The molecule has 1 aliphatic rings. The number of rotatable bonds is 3. The first-order valence-corrected chi connectivity index (χ1v) is 7.84. The lowest BCUT2D eigenvalue weighted by atomic mass is 10.1. The summed E-state index contributed by atoms with van der Waals surface area (Å²) in [6, 6.07) is 11.5. The molecule has 2 aromatic rings. The molecule has 0 aliphatic carbocycles. The fourth-order valence-corrected chi connectivity index (χ4v) is 2.63. The summed E-state index contributed by atoms with van der Waals surface area (Å²) in [5.74, 6) is 0.371. The molecular formula is C19H18N2O4. The van der Waals surface area contributed by atoms with Gasteiger partial charge in [0, 0.05) is 23.4 Å². The molecule has 6 heteroatoms. The minimum Gasteiger partial charge on any atom is -0.508 e. The van der Waals surface area contributed by atoms with E-state index in [0.717, 1.165) is 5.56 Å². The SMILES string of the molecule is C=CC(=O)Nc1ccc(C(=O)N2CCOc3ccc(O)cc3C2)cc1. The van der Waals surface area contributed by atoms with Gasteiger partial charge < -0.3 is 20.1 Å². The number of anilines is 1. The lowest BCUT2D eigenvalue weighted by Crippen LogP contribution is -2.32. The van der Waals surface area contributed by atoms with Crippen LogP contribution in [-0.2, 0) is 11.3 Å². The number of phenolic OH excluding ortho intramolecular Hbond substituents is 1. The highest BCUT2D eigenvalue weighted by Crippen LogP contribution is 2.27. The summed E-state index contributed by atoms with van der Waals surface area (Å²) in [5, 5.41) is 12.3. The van der Waals surface area contributed by atoms with Crippen molar-refractivity contribution in [2.24, 2.45) is 0 Å². The molecule has 6 nitrogen and oxygen atoms in total. The van der Waals surface area contributed by atoms with Crippen molar-refractivity contribution >= 4 is 17.5 Å². The second-order valence-electron chi connectivity index (χ2n) is 5.64. The van der Waals surface area contributed by atoms with Crippen LogP contribution in [0.3, 0.4) is 0 Å². The monoisotopic (exact) mass is 338 g/mol. The van der Waals surface area contributed by atoms with Crippen molar-refractivity contribution in [1.82, 2.24) is 4.90 Å². The average Bonchev–Trinajstić information content (AvgIpc) is 2.83. The summed E-state index contributed by atoms with van der Waals surface area (Å²) in [6.45, 7) is 4.59. The first kappa shape index (κ1) is 16.6. The first-order valence-electron chi connectivity index (χ1n) is 7.84. The number of carbonyl (C=O) groups is 2. The molecule has 0 saturated heterocycles. The fraction of sp³-hybridized carbons (Fsp3) is 0.158. The number of ether oxygens (including phenoxy) is 1. The number of hydrogen-bond donors (Lipinski definition) is 2. The van der Waals surface area contributed by atoms with Gasteiger partial charge in [-0.1, -0.05) is 6.58 Å². The number of hydrogen-bond acceptors (Lipinski definition) is 4. The molecule has 0 fully saturated rings. The lowest BCUT2D eigenvalue weighted by Gasteiger charge is -2.20. The van der Waals surface area contributed by atoms with Crippen LogP contribution < -0.4 is 10.1 Å². The van der Waals surface area contributed by atoms with Crippen LogP contribution in [-0.4, -0.2) is 35.0 Å². The minimum atomic E-state index is -0.305. The van der Waals surface area contributed by atoms with Crippen molar-refractivity contribution in [3.8, 4) is 11.5 Å². The summed E-state index contributed by atoms with van der Waals surface area (Å²) in [7, 11) is 0. The molecule has 1 aliphatic heterocycles. The van der Waals surface area contributed by atoms with Crippen molar-refractivity contribution < 1.29 is 19.4 Å². The smallest absolute Gasteiger partial charge is 0.254 e. The Bertz CT molecular complexity index is 815. The van der Waals surface area contributed by atoms with E-state index in [0.29, 0.717) is 36.7 Å². The van der Waals surface area contributed by atoms with Gasteiger partial charge in [-0.3, -0.25) is 9.59 Å². The number of nitrogens with zero attached hydrogens (tertiary/aromatic N) is 1. The Morgan fingerprint density at radius 2 is 1.96 bits per heavy atom. The fourth-order valence-electron chi connectivity index (χ4n) is 2.63. The molecule has 0 saturated carbocycles. The van der Waals surface area contributed by atoms with E-state index in [4.69, 9.17) is 4.74 Å². The van der Waals surface area contributed by atoms with Crippen LogP contribution in [0.1, 0.15) is 15.9 Å². The number of benzene rings is 2. The molecule has 0 bridgehead atoms. The van der Waals surface area contributed by atoms with E-state index < -0.39 is 0 Å². The van der Waals surface area contributed by atoms with E-state index in [1.54, 1.807) is 47.4 Å². The molecule has 0 spiro atoms. The van der Waals surface area contributed by atoms with E-state index >= 15 is 0 Å². The summed E-state index contributed by atoms with van der Waals surface area (Å²) >= 11 is 0. The summed E-state index contributed by atoms with van der Waals surface area (Å²) in [4.78, 5) is 25.7. The van der Waals surface area contributed by atoms with Gasteiger partial charge in [0.2, 0.25) is 5.91 Å². The number of nitrogens with one attached hydrogen (secondary N) is 1. The molecule has 0 atom stereocenters. The Hall–Kier alpha value is -3.28. The van der Waals surface area contributed by atoms with Crippen LogP contribution in [0.2, 0.25) is 0 Å². The number of amides is 2. The predicted octanol–water partition coefficient (Wildman–Crippen LogP) is 2.55. The molecule has 0 radical (unpaired) electrons. The highest BCUT2D eigenvalue weighted by atomic mass is 16.5. The summed E-state index contributed by atoms with van der Waals surface area (Å²) in [6.07, 6.45) is 1.18. The molecule has 25 heavy (non-hydrogen) atoms. The summed E-state index contributed by atoms with van der Waals surface area (Å²) in [5.41, 5.74) is 1.87. The van der Waals surface area contributed by atoms with Gasteiger partial charge in [0.15, 0.2) is 0 Å². The topological polar surface area (TPSA) is 78.9 Å². The Kier molecular flexibility index (Phi) is 4.70. The molecular weight excluding hydrogens is 320 g/mol. The van der Waals surface area contributed by atoms with Crippen LogP contribution in [0.25, 0.3) is 0 Å². The normalized spacial score (nSPS) is 13.2. The van der Waals surface area contributed by atoms with Crippen LogP contribution in [0.4, 0.5) is 5.69 Å². The summed E-state index contributed by atoms with van der Waals surface area (Å²) < 4.78 is 5.63. The van der Waals surface area contributed by atoms with Gasteiger partial charge in [-0.2, -0.15) is 0 Å². The third-order valence-electron chi connectivity index (χ3n) is 3.90. The van der Waals surface area contributed by atoms with E-state index in [1.807, 2.05) is 0 Å². The highest BCUT2D eigenvalue weighted by molar-refractivity contribution is 5.99. The van der Waals surface area contributed by atoms with E-state index in [2.05, 4.69) is 11.9 Å². The van der Waals surface area contributed by atoms with Crippen molar-refractivity contribution in [2.45, 2.75) is 6.54 Å². The maximum absolute atomic E-state index is 12.7. The number of phenols is 1. The van der Waals surface area contributed by atoms with Crippen molar-refractivity contribution in [3.05, 3.63) is 66.2 Å². The molecule has 2 N–H and O–H groups in total. The second-order valence-corrected chi connectivity index (χ2v) is 5.64. The van der Waals surface area contributed by atoms with Crippen LogP contribution >= 0.6 is 0 Å². The Labute approximate surface area is 145 Å². The van der Waals surface area contributed by atoms with E-state index in [1.165, 1.54) is 6.08 Å². The zero-order valence-corrected chi connectivity index (χ0v) is 13.6. The van der Waals surface area contributed by atoms with Crippen LogP contribution in [0, 0.1) is 0 Å². The Morgan fingerprint density at radius 1 is 1.20 bits per heavy atom. The van der Waals surface area contributed by atoms with Crippen molar-refractivity contribution in [1.29, 1.82) is 0 Å². The van der Waals surface area contributed by atoms with Gasteiger partial charge >= 0.3 is 0 Å². The molecule has 3 rings (SSSR count). The van der Waals surface area contributed by atoms with Crippen LogP contribution in [0.15, 0.2) is 55.1 Å². The number of aromatic hydroxyl groups is 1. The van der Waals surface area contributed by atoms with Gasteiger partial charge in [-0.25, -0.2) is 0 Å². The maximum atomic E-state index is 12.7. The maximum Gasteiger partial charge on any atom is 0.254 e. The molecule has 0 aromatic heterocycles. The number of carbonyl (C=O) groups excluding carboxylic acids is 2. The number of fused-ring (bicyclic) bond motifs is 1. The molecule has 0 unspecified atom stereocenters. The molecule has 2 aromatic carbocycles. The predicted molar refractivity (Wildman–Crippen MR) is 93.6 cm³/mol. The van der Waals surface area contributed by atoms with Gasteiger partial charge in [-0.15, -0.1) is 0 Å². The van der Waals surface area contributed by atoms with Crippen LogP contribution in [0.5, 0.6) is 11.5 Å². The minimum absolute atomic E-state index is 0.138.